The summed E-state index contributed by atoms with van der Waals surface area (Å²) in [7, 11) is 0. The number of allylic oxidation sites excluding steroid dienone is 2. The zero-order valence-corrected chi connectivity index (χ0v) is 17.1. The first-order valence-corrected chi connectivity index (χ1v) is 9.19. The maximum Gasteiger partial charge on any atom is 0.303 e. The van der Waals surface area contributed by atoms with E-state index in [9.17, 15) is 9.59 Å². The Balaban J connectivity index is 0.00000141. The van der Waals surface area contributed by atoms with E-state index < -0.39 is 11.4 Å². The first kappa shape index (κ1) is 23.9. The highest BCUT2D eigenvalue weighted by molar-refractivity contribution is 5.82. The first-order chi connectivity index (χ1) is 12.1. The molecule has 0 spiro atoms. The van der Waals surface area contributed by atoms with Gasteiger partial charge in [-0.25, -0.2) is 0 Å². The summed E-state index contributed by atoms with van der Waals surface area (Å²) in [4.78, 5) is 22.8. The Bertz CT molecular complexity index is 570. The summed E-state index contributed by atoms with van der Waals surface area (Å²) in [6.07, 6.45) is 5.25. The van der Waals surface area contributed by atoms with Crippen LogP contribution in [0.2, 0.25) is 0 Å². The molecule has 4 nitrogen and oxygen atoms in total. The second-order valence-electron chi connectivity index (χ2n) is 7.73. The van der Waals surface area contributed by atoms with Crippen LogP contribution in [0.3, 0.4) is 0 Å². The van der Waals surface area contributed by atoms with Crippen LogP contribution in [-0.2, 0) is 15.0 Å². The van der Waals surface area contributed by atoms with Crippen molar-refractivity contribution in [1.29, 1.82) is 0 Å². The number of carbonyl (C=O) groups is 2. The van der Waals surface area contributed by atoms with Crippen LogP contribution in [0.5, 0.6) is 0 Å². The summed E-state index contributed by atoms with van der Waals surface area (Å²) in [5, 5.41) is 11.5. The molecule has 2 N–H and O–H groups in total. The number of rotatable bonds is 8. The lowest BCUT2D eigenvalue weighted by Crippen LogP contribution is -2.41. The minimum Gasteiger partial charge on any atom is -0.481 e. The van der Waals surface area contributed by atoms with E-state index in [0.29, 0.717) is 13.0 Å². The monoisotopic (exact) mass is 361 g/mol. The number of benzene rings is 1. The van der Waals surface area contributed by atoms with E-state index in [0.717, 1.165) is 6.42 Å². The molecule has 0 aromatic heterocycles. The number of carbonyl (C=O) groups excluding carboxylic acids is 1. The number of amides is 1. The van der Waals surface area contributed by atoms with Gasteiger partial charge in [0.2, 0.25) is 5.91 Å². The molecule has 0 bridgehead atoms. The summed E-state index contributed by atoms with van der Waals surface area (Å²) < 4.78 is 0. The van der Waals surface area contributed by atoms with Crippen LogP contribution < -0.4 is 5.32 Å². The molecule has 1 amide bonds. The number of carboxylic acid groups (broad SMARTS) is 1. The maximum atomic E-state index is 12.4. The Labute approximate surface area is 158 Å². The molecule has 1 rings (SSSR count). The fourth-order valence-corrected chi connectivity index (χ4v) is 2.86. The third-order valence-corrected chi connectivity index (χ3v) is 4.24. The average Bonchev–Trinajstić information content (AvgIpc) is 2.58. The van der Waals surface area contributed by atoms with Crippen molar-refractivity contribution in [2.45, 2.75) is 66.2 Å². The van der Waals surface area contributed by atoms with E-state index in [1.54, 1.807) is 0 Å². The topological polar surface area (TPSA) is 66.4 Å². The van der Waals surface area contributed by atoms with Crippen molar-refractivity contribution < 1.29 is 14.7 Å². The third-order valence-electron chi connectivity index (χ3n) is 4.24. The zero-order chi connectivity index (χ0) is 20.2. The van der Waals surface area contributed by atoms with Crippen molar-refractivity contribution in [3.63, 3.8) is 0 Å². The molecule has 0 aliphatic rings. The molecule has 1 aromatic rings. The van der Waals surface area contributed by atoms with E-state index >= 15 is 0 Å². The molecule has 0 heterocycles. The summed E-state index contributed by atoms with van der Waals surface area (Å²) in [6.45, 7) is 12.6. The molecule has 0 fully saturated rings. The first-order valence-electron chi connectivity index (χ1n) is 9.19. The van der Waals surface area contributed by atoms with Crippen molar-refractivity contribution in [3.05, 3.63) is 48.0 Å². The molecule has 146 valence electrons. The van der Waals surface area contributed by atoms with E-state index in [1.165, 1.54) is 5.56 Å². The Morgan fingerprint density at radius 1 is 1.04 bits per heavy atom. The Morgan fingerprint density at radius 3 is 2.04 bits per heavy atom. The van der Waals surface area contributed by atoms with Gasteiger partial charge in [0, 0.05) is 18.4 Å². The molecule has 4 heteroatoms. The van der Waals surface area contributed by atoms with Crippen LogP contribution >= 0.6 is 0 Å². The van der Waals surface area contributed by atoms with Crippen LogP contribution in [0, 0.1) is 5.41 Å². The molecule has 0 saturated heterocycles. The van der Waals surface area contributed by atoms with Crippen LogP contribution in [0.1, 0.15) is 66.4 Å². The summed E-state index contributed by atoms with van der Waals surface area (Å²) in [5.74, 6) is -0.861. The Hall–Kier alpha value is -2.10. The molecule has 0 saturated carbocycles. The quantitative estimate of drug-likeness (QED) is 0.509. The van der Waals surface area contributed by atoms with Crippen molar-refractivity contribution in [2.75, 3.05) is 6.54 Å². The summed E-state index contributed by atoms with van der Waals surface area (Å²) in [5.41, 5.74) is 0.591. The number of hydrogen-bond acceptors (Lipinski definition) is 2. The molecule has 0 aliphatic heterocycles. The number of hydrogen-bond donors (Lipinski definition) is 2. The van der Waals surface area contributed by atoms with Crippen LogP contribution in [-0.4, -0.2) is 23.5 Å². The normalized spacial score (nSPS) is 11.6. The molecule has 1 aromatic carbocycles. The summed E-state index contributed by atoms with van der Waals surface area (Å²) >= 11 is 0. The SMILES string of the molecule is C/C=C/C.CC(C)(CC(C)(C)c1ccccc1)C(=O)NCCCC(=O)O. The Morgan fingerprint density at radius 2 is 1.58 bits per heavy atom. The van der Waals surface area contributed by atoms with Gasteiger partial charge in [-0.3, -0.25) is 9.59 Å². The molecule has 0 unspecified atom stereocenters. The van der Waals surface area contributed by atoms with Crippen molar-refractivity contribution in [1.82, 2.24) is 5.32 Å². The Kier molecular flexibility index (Phi) is 10.6. The average molecular weight is 362 g/mol. The lowest BCUT2D eigenvalue weighted by atomic mass is 9.71. The standard InChI is InChI=1S/C18H27NO3.C4H8/c1-17(2,14-9-6-5-7-10-14)13-18(3,4)16(22)19-12-8-11-15(20)21;1-3-4-2/h5-7,9-10H,8,11-13H2,1-4H3,(H,19,22)(H,20,21);3-4H,1-2H3/b;4-3+. The van der Waals surface area contributed by atoms with E-state index in [1.807, 2.05) is 58.0 Å². The lowest BCUT2D eigenvalue weighted by molar-refractivity contribution is -0.137. The molecule has 0 aliphatic carbocycles. The largest absolute Gasteiger partial charge is 0.481 e. The van der Waals surface area contributed by atoms with Gasteiger partial charge >= 0.3 is 5.97 Å². The van der Waals surface area contributed by atoms with Gasteiger partial charge in [-0.15, -0.1) is 0 Å². The van der Waals surface area contributed by atoms with Gasteiger partial charge in [0.05, 0.1) is 0 Å². The maximum absolute atomic E-state index is 12.4. The van der Waals surface area contributed by atoms with E-state index in [4.69, 9.17) is 5.11 Å². The second kappa shape index (κ2) is 11.5. The zero-order valence-electron chi connectivity index (χ0n) is 17.1. The van der Waals surface area contributed by atoms with Crippen molar-refractivity contribution in [3.8, 4) is 0 Å². The highest BCUT2D eigenvalue weighted by Gasteiger charge is 2.35. The van der Waals surface area contributed by atoms with Gasteiger partial charge in [0.15, 0.2) is 0 Å². The van der Waals surface area contributed by atoms with Gasteiger partial charge in [0.1, 0.15) is 0 Å². The molecular weight excluding hydrogens is 326 g/mol. The van der Waals surface area contributed by atoms with E-state index in [-0.39, 0.29) is 17.7 Å². The van der Waals surface area contributed by atoms with Gasteiger partial charge in [0.25, 0.3) is 0 Å². The minimum absolute atomic E-state index is 0.0260. The number of nitrogens with one attached hydrogen (secondary N) is 1. The van der Waals surface area contributed by atoms with Crippen LogP contribution in [0.25, 0.3) is 0 Å². The molecule has 26 heavy (non-hydrogen) atoms. The predicted octanol–water partition coefficient (Wildman–Crippen LogP) is 4.94. The van der Waals surface area contributed by atoms with Gasteiger partial charge in [-0.2, -0.15) is 0 Å². The molecular formula is C22H35NO3. The van der Waals surface area contributed by atoms with Crippen molar-refractivity contribution in [2.24, 2.45) is 5.41 Å². The molecule has 0 radical (unpaired) electrons. The van der Waals surface area contributed by atoms with Crippen LogP contribution in [0.15, 0.2) is 42.5 Å². The van der Waals surface area contributed by atoms with Gasteiger partial charge < -0.3 is 10.4 Å². The van der Waals surface area contributed by atoms with Gasteiger partial charge in [-0.05, 0) is 37.7 Å². The fraction of sp³-hybridized carbons (Fsp3) is 0.545. The summed E-state index contributed by atoms with van der Waals surface area (Å²) in [6, 6.07) is 10.2. The predicted molar refractivity (Wildman–Crippen MR) is 108 cm³/mol. The van der Waals surface area contributed by atoms with Crippen LogP contribution in [0.4, 0.5) is 0 Å². The highest BCUT2D eigenvalue weighted by atomic mass is 16.4. The highest BCUT2D eigenvalue weighted by Crippen LogP contribution is 2.36. The minimum atomic E-state index is -0.835. The second-order valence-corrected chi connectivity index (χ2v) is 7.73. The number of carboxylic acids is 1. The lowest BCUT2D eigenvalue weighted by Gasteiger charge is -2.34. The number of aliphatic carboxylic acids is 1. The van der Waals surface area contributed by atoms with Gasteiger partial charge in [-0.1, -0.05) is 70.2 Å². The third kappa shape index (κ3) is 9.40. The smallest absolute Gasteiger partial charge is 0.303 e. The van der Waals surface area contributed by atoms with E-state index in [2.05, 4.69) is 31.3 Å². The van der Waals surface area contributed by atoms with Crippen molar-refractivity contribution >= 4 is 11.9 Å². The fourth-order valence-electron chi connectivity index (χ4n) is 2.86. The molecule has 0 atom stereocenters.